The van der Waals surface area contributed by atoms with Crippen molar-refractivity contribution in [1.82, 2.24) is 10.1 Å². The number of hydrogen-bond donors (Lipinski definition) is 1. The molecule has 2 rings (SSSR count). The van der Waals surface area contributed by atoms with E-state index in [0.29, 0.717) is 11.7 Å². The van der Waals surface area contributed by atoms with Gasteiger partial charge in [0.25, 0.3) is 0 Å². The molecule has 92 valence electrons. The summed E-state index contributed by atoms with van der Waals surface area (Å²) in [7, 11) is 0. The second kappa shape index (κ2) is 5.14. The highest BCUT2D eigenvalue weighted by molar-refractivity contribution is 9.10. The number of aryl methyl sites for hydroxylation is 1. The molecule has 0 aliphatic rings. The van der Waals surface area contributed by atoms with Gasteiger partial charge < -0.3 is 9.84 Å². The van der Waals surface area contributed by atoms with E-state index in [1.807, 2.05) is 6.07 Å². The Morgan fingerprint density at radius 3 is 2.94 bits per heavy atom. The van der Waals surface area contributed by atoms with Crippen LogP contribution in [0.1, 0.15) is 17.3 Å². The van der Waals surface area contributed by atoms with Gasteiger partial charge in [0.05, 0.1) is 22.3 Å². The number of halogens is 2. The Labute approximate surface area is 111 Å². The first kappa shape index (κ1) is 12.5. The highest BCUT2D eigenvalue weighted by atomic mass is 79.9. The first-order valence-corrected chi connectivity index (χ1v) is 5.82. The zero-order valence-corrected chi connectivity index (χ0v) is 11.0. The third kappa shape index (κ3) is 2.49. The molecule has 1 aromatic carbocycles. The van der Waals surface area contributed by atoms with Crippen LogP contribution in [0.4, 0.5) is 10.1 Å². The number of rotatable bonds is 3. The zero-order chi connectivity index (χ0) is 13.1. The number of nitriles is 1. The van der Waals surface area contributed by atoms with Crippen LogP contribution in [0.25, 0.3) is 0 Å². The van der Waals surface area contributed by atoms with Crippen LogP contribution in [0.5, 0.6) is 0 Å². The minimum absolute atomic E-state index is 0.136. The molecule has 0 spiro atoms. The van der Waals surface area contributed by atoms with Gasteiger partial charge in [0.15, 0.2) is 11.6 Å². The SMILES string of the molecule is Cc1noc(CNc2ccc(C#N)c(Br)c2F)n1. The van der Waals surface area contributed by atoms with Gasteiger partial charge in [-0.3, -0.25) is 0 Å². The van der Waals surface area contributed by atoms with Crippen LogP contribution in [0.2, 0.25) is 0 Å². The minimum atomic E-state index is -0.523. The fraction of sp³-hybridized carbons (Fsp3) is 0.182. The molecule has 18 heavy (non-hydrogen) atoms. The van der Waals surface area contributed by atoms with Gasteiger partial charge in [0, 0.05) is 0 Å². The van der Waals surface area contributed by atoms with E-state index in [1.54, 1.807) is 6.92 Å². The van der Waals surface area contributed by atoms with Crippen LogP contribution in [-0.4, -0.2) is 10.1 Å². The van der Waals surface area contributed by atoms with Crippen molar-refractivity contribution in [2.45, 2.75) is 13.5 Å². The Morgan fingerprint density at radius 2 is 2.33 bits per heavy atom. The summed E-state index contributed by atoms with van der Waals surface area (Å²) in [4.78, 5) is 3.98. The van der Waals surface area contributed by atoms with Crippen LogP contribution in [0.15, 0.2) is 21.1 Å². The number of nitrogens with one attached hydrogen (secondary N) is 1. The maximum absolute atomic E-state index is 13.8. The number of aromatic nitrogens is 2. The molecule has 0 aliphatic carbocycles. The molecule has 2 aromatic rings. The lowest BCUT2D eigenvalue weighted by molar-refractivity contribution is 0.379. The maximum atomic E-state index is 13.8. The quantitative estimate of drug-likeness (QED) is 0.943. The second-order valence-corrected chi connectivity index (χ2v) is 4.28. The van der Waals surface area contributed by atoms with Crippen molar-refractivity contribution in [2.75, 3.05) is 5.32 Å². The van der Waals surface area contributed by atoms with Gasteiger partial charge in [-0.05, 0) is 35.0 Å². The smallest absolute Gasteiger partial charge is 0.245 e. The molecular formula is C11H8BrFN4O. The first-order valence-electron chi connectivity index (χ1n) is 5.03. The van der Waals surface area contributed by atoms with Gasteiger partial charge in [-0.15, -0.1) is 0 Å². The lowest BCUT2D eigenvalue weighted by atomic mass is 10.2. The Balaban J connectivity index is 2.15. The van der Waals surface area contributed by atoms with Gasteiger partial charge in [-0.1, -0.05) is 5.16 Å². The second-order valence-electron chi connectivity index (χ2n) is 3.49. The molecular weight excluding hydrogens is 303 g/mol. The lowest BCUT2D eigenvalue weighted by Gasteiger charge is -2.07. The summed E-state index contributed by atoms with van der Waals surface area (Å²) in [5.74, 6) is 0.367. The largest absolute Gasteiger partial charge is 0.374 e. The molecule has 0 radical (unpaired) electrons. The summed E-state index contributed by atoms with van der Waals surface area (Å²) in [6.45, 7) is 1.92. The predicted octanol–water partition coefficient (Wildman–Crippen LogP) is 2.76. The van der Waals surface area contributed by atoms with Crippen molar-refractivity contribution in [3.63, 3.8) is 0 Å². The van der Waals surface area contributed by atoms with Gasteiger partial charge in [0.1, 0.15) is 6.07 Å². The molecule has 0 fully saturated rings. The monoisotopic (exact) mass is 310 g/mol. The van der Waals surface area contributed by atoms with Crippen LogP contribution in [-0.2, 0) is 6.54 Å². The van der Waals surface area contributed by atoms with E-state index < -0.39 is 5.82 Å². The topological polar surface area (TPSA) is 74.7 Å². The molecule has 1 N–H and O–H groups in total. The van der Waals surface area contributed by atoms with Crippen molar-refractivity contribution in [1.29, 1.82) is 5.26 Å². The van der Waals surface area contributed by atoms with Crippen molar-refractivity contribution in [3.05, 3.63) is 39.7 Å². The van der Waals surface area contributed by atoms with E-state index in [9.17, 15) is 4.39 Å². The summed E-state index contributed by atoms with van der Waals surface area (Å²) in [5, 5.41) is 15.2. The molecule has 0 unspecified atom stereocenters. The van der Waals surface area contributed by atoms with E-state index in [4.69, 9.17) is 9.78 Å². The van der Waals surface area contributed by atoms with Crippen LogP contribution in [0, 0.1) is 24.1 Å². The van der Waals surface area contributed by atoms with E-state index >= 15 is 0 Å². The van der Waals surface area contributed by atoms with Crippen molar-refractivity contribution < 1.29 is 8.91 Å². The van der Waals surface area contributed by atoms with Crippen molar-refractivity contribution in [3.8, 4) is 6.07 Å². The third-order valence-corrected chi connectivity index (χ3v) is 2.98. The fourth-order valence-electron chi connectivity index (χ4n) is 1.36. The summed E-state index contributed by atoms with van der Waals surface area (Å²) in [6.07, 6.45) is 0. The highest BCUT2D eigenvalue weighted by Crippen LogP contribution is 2.26. The average Bonchev–Trinajstić information content (AvgIpc) is 2.77. The third-order valence-electron chi connectivity index (χ3n) is 2.20. The summed E-state index contributed by atoms with van der Waals surface area (Å²) in [6, 6.07) is 4.90. The summed E-state index contributed by atoms with van der Waals surface area (Å²) in [5.41, 5.74) is 0.503. The molecule has 0 bridgehead atoms. The summed E-state index contributed by atoms with van der Waals surface area (Å²) >= 11 is 3.03. The molecule has 7 heteroatoms. The molecule has 0 amide bonds. The molecule has 1 heterocycles. The summed E-state index contributed by atoms with van der Waals surface area (Å²) < 4.78 is 18.9. The Hall–Kier alpha value is -1.94. The molecule has 0 atom stereocenters. The van der Waals surface area contributed by atoms with Crippen molar-refractivity contribution >= 4 is 21.6 Å². The van der Waals surface area contributed by atoms with E-state index in [0.717, 1.165) is 0 Å². The molecule has 0 saturated heterocycles. The van der Waals surface area contributed by atoms with E-state index in [1.165, 1.54) is 12.1 Å². The standard InChI is InChI=1S/C11H8BrFN4O/c1-6-16-9(18-17-6)5-15-8-3-2-7(4-14)10(12)11(8)13/h2-3,15H,5H2,1H3. The molecule has 1 aromatic heterocycles. The Kier molecular flexibility index (Phi) is 3.58. The predicted molar refractivity (Wildman–Crippen MR) is 65.2 cm³/mol. The zero-order valence-electron chi connectivity index (χ0n) is 9.37. The van der Waals surface area contributed by atoms with Crippen LogP contribution >= 0.6 is 15.9 Å². The Bertz CT molecular complexity index is 620. The van der Waals surface area contributed by atoms with Crippen LogP contribution < -0.4 is 5.32 Å². The molecule has 0 saturated carbocycles. The fourth-order valence-corrected chi connectivity index (χ4v) is 1.79. The number of benzene rings is 1. The number of nitrogens with zero attached hydrogens (tertiary/aromatic N) is 3. The highest BCUT2D eigenvalue weighted by Gasteiger charge is 2.11. The number of hydrogen-bond acceptors (Lipinski definition) is 5. The van der Waals surface area contributed by atoms with Crippen molar-refractivity contribution in [2.24, 2.45) is 0 Å². The minimum Gasteiger partial charge on any atom is -0.374 e. The Morgan fingerprint density at radius 1 is 1.56 bits per heavy atom. The average molecular weight is 311 g/mol. The van der Waals surface area contributed by atoms with E-state index in [-0.39, 0.29) is 22.3 Å². The van der Waals surface area contributed by atoms with Crippen LogP contribution in [0.3, 0.4) is 0 Å². The van der Waals surface area contributed by atoms with Gasteiger partial charge in [0.2, 0.25) is 5.89 Å². The van der Waals surface area contributed by atoms with Gasteiger partial charge in [-0.25, -0.2) is 4.39 Å². The first-order chi connectivity index (χ1) is 8.61. The van der Waals surface area contributed by atoms with Gasteiger partial charge >= 0.3 is 0 Å². The molecule has 5 nitrogen and oxygen atoms in total. The van der Waals surface area contributed by atoms with Gasteiger partial charge in [-0.2, -0.15) is 10.2 Å². The maximum Gasteiger partial charge on any atom is 0.245 e. The normalized spacial score (nSPS) is 10.1. The van der Waals surface area contributed by atoms with E-state index in [2.05, 4.69) is 31.4 Å². The lowest BCUT2D eigenvalue weighted by Crippen LogP contribution is -2.02. The molecule has 0 aliphatic heterocycles. The number of anilines is 1.